The molecule has 0 spiro atoms. The van der Waals surface area contributed by atoms with Crippen molar-refractivity contribution in [2.75, 3.05) is 53.5 Å². The minimum Gasteiger partial charge on any atom is -0.449 e. The SMILES string of the molecule is CN(CCCOC(=O)NCC1CCCC(CNC(=O)OCCCN(C)C(=O)NCc2ccccc2)C1)C(=O)NCc1ccccc1. The van der Waals surface area contributed by atoms with E-state index in [0.717, 1.165) is 36.8 Å². The number of carbonyl (C=O) groups excluding carboxylic acids is 4. The molecule has 0 aromatic heterocycles. The second kappa shape index (κ2) is 20.5. The smallest absolute Gasteiger partial charge is 0.407 e. The van der Waals surface area contributed by atoms with Gasteiger partial charge in [0.2, 0.25) is 0 Å². The highest BCUT2D eigenvalue weighted by Crippen LogP contribution is 2.28. The molecule has 3 rings (SSSR count). The molecule has 1 aliphatic rings. The van der Waals surface area contributed by atoms with Crippen molar-refractivity contribution in [1.82, 2.24) is 31.1 Å². The third-order valence-corrected chi connectivity index (χ3v) is 7.97. The zero-order chi connectivity index (χ0) is 33.0. The number of nitrogens with one attached hydrogen (secondary N) is 4. The molecule has 0 heterocycles. The molecule has 12 heteroatoms. The number of rotatable bonds is 16. The number of hydrogen-bond acceptors (Lipinski definition) is 6. The number of urea groups is 2. The van der Waals surface area contributed by atoms with Gasteiger partial charge in [0, 0.05) is 53.4 Å². The lowest BCUT2D eigenvalue weighted by molar-refractivity contribution is 0.134. The number of ether oxygens (including phenoxy) is 2. The van der Waals surface area contributed by atoms with E-state index in [9.17, 15) is 19.2 Å². The summed E-state index contributed by atoms with van der Waals surface area (Å²) in [5.41, 5.74) is 2.06. The lowest BCUT2D eigenvalue weighted by Gasteiger charge is -2.29. The molecule has 0 saturated heterocycles. The molecule has 1 aliphatic carbocycles. The molecular weight excluding hydrogens is 588 g/mol. The van der Waals surface area contributed by atoms with Crippen LogP contribution < -0.4 is 21.3 Å². The number of hydrogen-bond donors (Lipinski definition) is 4. The Morgan fingerprint density at radius 2 is 1.07 bits per heavy atom. The summed E-state index contributed by atoms with van der Waals surface area (Å²) >= 11 is 0. The highest BCUT2D eigenvalue weighted by Gasteiger charge is 2.23. The Morgan fingerprint density at radius 3 is 1.48 bits per heavy atom. The van der Waals surface area contributed by atoms with E-state index in [1.807, 2.05) is 60.7 Å². The minimum atomic E-state index is -0.459. The molecule has 2 unspecified atom stereocenters. The molecule has 0 bridgehead atoms. The zero-order valence-electron chi connectivity index (χ0n) is 27.2. The highest BCUT2D eigenvalue weighted by atomic mass is 16.6. The Hall–Kier alpha value is -4.48. The summed E-state index contributed by atoms with van der Waals surface area (Å²) in [7, 11) is 3.43. The summed E-state index contributed by atoms with van der Waals surface area (Å²) in [5, 5.41) is 11.5. The average molecular weight is 639 g/mol. The molecule has 46 heavy (non-hydrogen) atoms. The molecule has 252 valence electrons. The molecule has 0 radical (unpaired) electrons. The number of amides is 6. The first-order chi connectivity index (χ1) is 22.3. The molecule has 2 aromatic carbocycles. The van der Waals surface area contributed by atoms with E-state index in [2.05, 4.69) is 21.3 Å². The van der Waals surface area contributed by atoms with E-state index in [0.29, 0.717) is 63.9 Å². The van der Waals surface area contributed by atoms with Crippen molar-refractivity contribution in [1.29, 1.82) is 0 Å². The van der Waals surface area contributed by atoms with E-state index in [4.69, 9.17) is 9.47 Å². The van der Waals surface area contributed by atoms with Crippen LogP contribution in [0.5, 0.6) is 0 Å². The molecule has 0 aliphatic heterocycles. The normalized spacial score (nSPS) is 15.6. The first-order valence-corrected chi connectivity index (χ1v) is 16.2. The standard InChI is InChI=1S/C34H50N6O6/c1-39(31(41)35-23-27-12-5-3-6-13-27)18-10-20-45-33(43)37-25-29-16-9-17-30(22-29)26-38-34(44)46-21-11-19-40(2)32(42)36-24-28-14-7-4-8-15-28/h3-8,12-15,29-30H,9-11,16-26H2,1-2H3,(H,35,41)(H,36,42)(H,37,43)(H,38,44). The van der Waals surface area contributed by atoms with Crippen molar-refractivity contribution >= 4 is 24.2 Å². The zero-order valence-corrected chi connectivity index (χ0v) is 27.2. The van der Waals surface area contributed by atoms with Crippen LogP contribution in [0, 0.1) is 11.8 Å². The van der Waals surface area contributed by atoms with Gasteiger partial charge in [0.15, 0.2) is 0 Å². The van der Waals surface area contributed by atoms with E-state index in [1.165, 1.54) is 0 Å². The van der Waals surface area contributed by atoms with Crippen LogP contribution in [0.1, 0.15) is 49.7 Å². The summed E-state index contributed by atoms with van der Waals surface area (Å²) in [6.45, 7) is 3.35. The minimum absolute atomic E-state index is 0.174. The van der Waals surface area contributed by atoms with Crippen LogP contribution in [-0.2, 0) is 22.6 Å². The highest BCUT2D eigenvalue weighted by molar-refractivity contribution is 5.74. The predicted octanol–water partition coefficient (Wildman–Crippen LogP) is 4.71. The van der Waals surface area contributed by atoms with Gasteiger partial charge in [-0.05, 0) is 55.1 Å². The fraction of sp³-hybridized carbons (Fsp3) is 0.529. The van der Waals surface area contributed by atoms with Gasteiger partial charge in [-0.2, -0.15) is 0 Å². The maximum Gasteiger partial charge on any atom is 0.407 e. The van der Waals surface area contributed by atoms with E-state index in [1.54, 1.807) is 23.9 Å². The van der Waals surface area contributed by atoms with Crippen LogP contribution in [0.4, 0.5) is 19.2 Å². The van der Waals surface area contributed by atoms with Crippen LogP contribution in [0.2, 0.25) is 0 Å². The number of alkyl carbamates (subject to hydrolysis) is 2. The third kappa shape index (κ3) is 14.5. The molecule has 6 amide bonds. The Bertz CT molecular complexity index is 1110. The molecule has 2 atom stereocenters. The fourth-order valence-electron chi connectivity index (χ4n) is 5.28. The Morgan fingerprint density at radius 1 is 0.652 bits per heavy atom. The first-order valence-electron chi connectivity index (χ1n) is 16.2. The van der Waals surface area contributed by atoms with Crippen LogP contribution in [-0.4, -0.2) is 87.5 Å². The Kier molecular flexibility index (Phi) is 16.1. The summed E-state index contributed by atoms with van der Waals surface area (Å²) in [4.78, 5) is 52.0. The summed E-state index contributed by atoms with van der Waals surface area (Å²) < 4.78 is 10.6. The first kappa shape index (κ1) is 36.0. The largest absolute Gasteiger partial charge is 0.449 e. The van der Waals surface area contributed by atoms with Crippen LogP contribution in [0.25, 0.3) is 0 Å². The lowest BCUT2D eigenvalue weighted by Crippen LogP contribution is -2.38. The van der Waals surface area contributed by atoms with Crippen LogP contribution in [0.15, 0.2) is 60.7 Å². The van der Waals surface area contributed by atoms with Crippen molar-refractivity contribution in [3.8, 4) is 0 Å². The van der Waals surface area contributed by atoms with Gasteiger partial charge >= 0.3 is 24.2 Å². The third-order valence-electron chi connectivity index (χ3n) is 7.97. The molecule has 12 nitrogen and oxygen atoms in total. The predicted molar refractivity (Wildman–Crippen MR) is 176 cm³/mol. The van der Waals surface area contributed by atoms with E-state index >= 15 is 0 Å². The van der Waals surface area contributed by atoms with Crippen molar-refractivity contribution in [2.24, 2.45) is 11.8 Å². The van der Waals surface area contributed by atoms with Gasteiger partial charge in [0.05, 0.1) is 13.2 Å². The monoisotopic (exact) mass is 638 g/mol. The fourth-order valence-corrected chi connectivity index (χ4v) is 5.28. The van der Waals surface area contributed by atoms with Gasteiger partial charge in [-0.3, -0.25) is 0 Å². The molecule has 4 N–H and O–H groups in total. The van der Waals surface area contributed by atoms with Gasteiger partial charge in [0.25, 0.3) is 0 Å². The second-order valence-electron chi connectivity index (χ2n) is 11.8. The van der Waals surface area contributed by atoms with Crippen LogP contribution in [0.3, 0.4) is 0 Å². The second-order valence-corrected chi connectivity index (χ2v) is 11.8. The summed E-state index contributed by atoms with van der Waals surface area (Å²) in [6.07, 6.45) is 4.10. The van der Waals surface area contributed by atoms with Gasteiger partial charge in [0.1, 0.15) is 0 Å². The van der Waals surface area contributed by atoms with E-state index in [-0.39, 0.29) is 25.3 Å². The number of benzene rings is 2. The summed E-state index contributed by atoms with van der Waals surface area (Å²) in [6, 6.07) is 19.1. The number of carbonyl (C=O) groups is 4. The van der Waals surface area contributed by atoms with Crippen LogP contribution >= 0.6 is 0 Å². The molecular formula is C34H50N6O6. The Labute approximate surface area is 272 Å². The maximum atomic E-state index is 12.2. The van der Waals surface area contributed by atoms with Gasteiger partial charge in [-0.1, -0.05) is 67.1 Å². The Balaban J connectivity index is 1.18. The average Bonchev–Trinajstić information content (AvgIpc) is 3.08. The van der Waals surface area contributed by atoms with Crippen molar-refractivity contribution in [2.45, 2.75) is 51.6 Å². The molecule has 2 aromatic rings. The summed E-state index contributed by atoms with van der Waals surface area (Å²) in [5.74, 6) is 0.624. The maximum absolute atomic E-state index is 12.2. The quantitative estimate of drug-likeness (QED) is 0.196. The number of nitrogens with zero attached hydrogens (tertiary/aromatic N) is 2. The van der Waals surface area contributed by atoms with Crippen molar-refractivity contribution in [3.05, 3.63) is 71.8 Å². The molecule has 1 saturated carbocycles. The van der Waals surface area contributed by atoms with Crippen molar-refractivity contribution in [3.63, 3.8) is 0 Å². The van der Waals surface area contributed by atoms with E-state index < -0.39 is 12.2 Å². The van der Waals surface area contributed by atoms with Crippen molar-refractivity contribution < 1.29 is 28.7 Å². The topological polar surface area (TPSA) is 141 Å². The van der Waals surface area contributed by atoms with Gasteiger partial charge in [-0.25, -0.2) is 19.2 Å². The lowest BCUT2D eigenvalue weighted by atomic mass is 9.81. The van der Waals surface area contributed by atoms with Gasteiger partial charge < -0.3 is 40.5 Å². The van der Waals surface area contributed by atoms with Gasteiger partial charge in [-0.15, -0.1) is 0 Å². The molecule has 1 fully saturated rings.